The molecule has 3 heterocycles. The van der Waals surface area contributed by atoms with Gasteiger partial charge >= 0.3 is 0 Å². The Labute approximate surface area is 158 Å². The van der Waals surface area contributed by atoms with Crippen LogP contribution >= 0.6 is 0 Å². The van der Waals surface area contributed by atoms with Crippen molar-refractivity contribution in [3.63, 3.8) is 0 Å². The molecule has 1 aliphatic heterocycles. The monoisotopic (exact) mass is 363 g/mol. The fourth-order valence-corrected chi connectivity index (χ4v) is 4.25. The van der Waals surface area contributed by atoms with Gasteiger partial charge in [0.15, 0.2) is 0 Å². The zero-order valence-electron chi connectivity index (χ0n) is 15.5. The predicted molar refractivity (Wildman–Crippen MR) is 103 cm³/mol. The Bertz CT molecular complexity index is 954. The minimum Gasteiger partial charge on any atom is -0.361 e. The highest BCUT2D eigenvalue weighted by Crippen LogP contribution is 2.31. The van der Waals surface area contributed by atoms with Gasteiger partial charge in [-0.1, -0.05) is 0 Å². The lowest BCUT2D eigenvalue weighted by atomic mass is 10.1. The maximum Gasteiger partial charge on any atom is 0.254 e. The molecule has 2 aromatic heterocycles. The van der Waals surface area contributed by atoms with Crippen molar-refractivity contribution >= 4 is 16.8 Å². The highest BCUT2D eigenvalue weighted by atomic mass is 16.2. The molecule has 1 unspecified atom stereocenters. The number of rotatable bonds is 6. The summed E-state index contributed by atoms with van der Waals surface area (Å²) in [5.41, 5.74) is 1.85. The van der Waals surface area contributed by atoms with Gasteiger partial charge in [0, 0.05) is 48.2 Å². The molecule has 0 radical (unpaired) electrons. The van der Waals surface area contributed by atoms with Crippen molar-refractivity contribution in [3.05, 3.63) is 48.2 Å². The van der Waals surface area contributed by atoms with Crippen molar-refractivity contribution < 1.29 is 4.79 Å². The van der Waals surface area contributed by atoms with Crippen LogP contribution in [0.1, 0.15) is 48.3 Å². The van der Waals surface area contributed by atoms with Crippen molar-refractivity contribution in [1.82, 2.24) is 24.6 Å². The maximum atomic E-state index is 13.1. The van der Waals surface area contributed by atoms with Gasteiger partial charge in [0.2, 0.25) is 0 Å². The first kappa shape index (κ1) is 16.5. The molecule has 2 fully saturated rings. The van der Waals surface area contributed by atoms with Crippen LogP contribution in [0.15, 0.2) is 36.8 Å². The van der Waals surface area contributed by atoms with Crippen molar-refractivity contribution in [2.45, 2.75) is 51.1 Å². The summed E-state index contributed by atoms with van der Waals surface area (Å²) in [5.74, 6) is 2.03. The third kappa shape index (κ3) is 3.36. The first-order valence-electron chi connectivity index (χ1n) is 10.0. The molecule has 5 rings (SSSR count). The van der Waals surface area contributed by atoms with Crippen LogP contribution in [0.25, 0.3) is 10.9 Å². The Morgan fingerprint density at radius 1 is 1.22 bits per heavy atom. The lowest BCUT2D eigenvalue weighted by Gasteiger charge is -2.25. The maximum absolute atomic E-state index is 13.1. The smallest absolute Gasteiger partial charge is 0.254 e. The molecule has 0 spiro atoms. The van der Waals surface area contributed by atoms with Gasteiger partial charge in [-0.3, -0.25) is 4.79 Å². The predicted octanol–water partition coefficient (Wildman–Crippen LogP) is 3.41. The summed E-state index contributed by atoms with van der Waals surface area (Å²) in [6.45, 7) is 1.90. The average molecular weight is 363 g/mol. The summed E-state index contributed by atoms with van der Waals surface area (Å²) in [4.78, 5) is 18.3. The van der Waals surface area contributed by atoms with Gasteiger partial charge in [0.05, 0.1) is 0 Å². The number of hydrogen-bond donors (Lipinski definition) is 1. The van der Waals surface area contributed by atoms with E-state index < -0.39 is 0 Å². The quantitative estimate of drug-likeness (QED) is 0.730. The number of aryl methyl sites for hydroxylation is 1. The van der Waals surface area contributed by atoms with Crippen LogP contribution in [0.5, 0.6) is 0 Å². The van der Waals surface area contributed by atoms with Crippen LogP contribution in [0, 0.1) is 5.92 Å². The highest BCUT2D eigenvalue weighted by molar-refractivity contribution is 5.98. The third-order valence-electron chi connectivity index (χ3n) is 5.99. The second kappa shape index (κ2) is 6.83. The molecular weight excluding hydrogens is 338 g/mol. The molecule has 1 saturated carbocycles. The lowest BCUT2D eigenvalue weighted by Crippen LogP contribution is -2.36. The summed E-state index contributed by atoms with van der Waals surface area (Å²) in [7, 11) is 0. The van der Waals surface area contributed by atoms with Gasteiger partial charge in [-0.25, -0.2) is 0 Å². The second-order valence-electron chi connectivity index (χ2n) is 7.96. The van der Waals surface area contributed by atoms with E-state index in [2.05, 4.69) is 24.6 Å². The zero-order valence-corrected chi connectivity index (χ0v) is 15.5. The molecule has 140 valence electrons. The van der Waals surface area contributed by atoms with E-state index in [4.69, 9.17) is 0 Å². The number of carbonyl (C=O) groups excluding carboxylic acids is 1. The molecule has 2 aliphatic rings. The summed E-state index contributed by atoms with van der Waals surface area (Å²) in [5, 5.41) is 9.51. The van der Waals surface area contributed by atoms with E-state index in [1.54, 1.807) is 0 Å². The van der Waals surface area contributed by atoms with Crippen molar-refractivity contribution in [1.29, 1.82) is 0 Å². The van der Waals surface area contributed by atoms with Crippen LogP contribution in [-0.2, 0) is 13.0 Å². The summed E-state index contributed by atoms with van der Waals surface area (Å²) in [6.07, 6.45) is 10.4. The number of fused-ring (bicyclic) bond motifs is 1. The minimum absolute atomic E-state index is 0.153. The van der Waals surface area contributed by atoms with Gasteiger partial charge in [-0.2, -0.15) is 0 Å². The van der Waals surface area contributed by atoms with E-state index >= 15 is 0 Å². The lowest BCUT2D eigenvalue weighted by molar-refractivity contribution is 0.0730. The Morgan fingerprint density at radius 2 is 2.15 bits per heavy atom. The molecular formula is C21H25N5O. The van der Waals surface area contributed by atoms with E-state index in [1.807, 2.05) is 36.8 Å². The van der Waals surface area contributed by atoms with E-state index in [-0.39, 0.29) is 5.91 Å². The fraction of sp³-hybridized carbons (Fsp3) is 0.476. The first-order chi connectivity index (χ1) is 13.3. The van der Waals surface area contributed by atoms with E-state index in [0.29, 0.717) is 6.04 Å². The van der Waals surface area contributed by atoms with Crippen molar-refractivity contribution in [2.75, 3.05) is 6.54 Å². The van der Waals surface area contributed by atoms with Crippen molar-refractivity contribution in [2.24, 2.45) is 5.92 Å². The molecule has 1 aliphatic carbocycles. The number of nitrogens with zero attached hydrogens (tertiary/aromatic N) is 4. The number of hydrogen-bond acceptors (Lipinski definition) is 3. The summed E-state index contributed by atoms with van der Waals surface area (Å²) >= 11 is 0. The Morgan fingerprint density at radius 3 is 3.04 bits per heavy atom. The minimum atomic E-state index is 0.153. The molecule has 6 heteroatoms. The highest BCUT2D eigenvalue weighted by Gasteiger charge is 2.30. The first-order valence-corrected chi connectivity index (χ1v) is 10.0. The van der Waals surface area contributed by atoms with Crippen molar-refractivity contribution in [3.8, 4) is 0 Å². The molecule has 3 aromatic rings. The average Bonchev–Trinajstić information content (AvgIpc) is 3.07. The van der Waals surface area contributed by atoms with Crippen LogP contribution in [0.4, 0.5) is 0 Å². The van der Waals surface area contributed by atoms with E-state index in [9.17, 15) is 4.79 Å². The number of amides is 1. The summed E-state index contributed by atoms with van der Waals surface area (Å²) < 4.78 is 2.21. The Kier molecular flexibility index (Phi) is 4.19. The normalized spacial score (nSPS) is 19.9. The Hall–Kier alpha value is -2.63. The SMILES string of the molecule is O=C(c1ccc2[nH]ccc2c1)N1CCCC1CCc1nncn1CC1CC1. The number of H-pyrrole nitrogens is 1. The molecule has 27 heavy (non-hydrogen) atoms. The largest absolute Gasteiger partial charge is 0.361 e. The van der Waals surface area contributed by atoms with Crippen LogP contribution in [-0.4, -0.2) is 43.1 Å². The second-order valence-corrected chi connectivity index (χ2v) is 7.96. The topological polar surface area (TPSA) is 66.8 Å². The Balaban J connectivity index is 1.27. The van der Waals surface area contributed by atoms with Crippen LogP contribution in [0.3, 0.4) is 0 Å². The number of benzene rings is 1. The molecule has 6 nitrogen and oxygen atoms in total. The summed E-state index contributed by atoms with van der Waals surface area (Å²) in [6, 6.07) is 8.23. The molecule has 1 N–H and O–H groups in total. The molecule has 1 atom stereocenters. The number of aromatic nitrogens is 4. The number of aromatic amines is 1. The number of carbonyl (C=O) groups is 1. The van der Waals surface area contributed by atoms with Crippen LogP contribution < -0.4 is 0 Å². The standard InChI is InChI=1S/C21H25N5O/c27-21(17-5-7-19-16(12-17)9-10-22-19)26-11-1-2-18(26)6-8-20-24-23-14-25(20)13-15-3-4-15/h5,7,9-10,12,14-15,18,22H,1-4,6,8,11,13H2. The molecule has 0 bridgehead atoms. The zero-order chi connectivity index (χ0) is 18.2. The van der Waals surface area contributed by atoms with E-state index in [1.165, 1.54) is 12.8 Å². The van der Waals surface area contributed by atoms with Crippen LogP contribution in [0.2, 0.25) is 0 Å². The fourth-order valence-electron chi connectivity index (χ4n) is 4.25. The van der Waals surface area contributed by atoms with Gasteiger partial charge in [-0.15, -0.1) is 10.2 Å². The number of nitrogens with one attached hydrogen (secondary N) is 1. The number of likely N-dealkylation sites (tertiary alicyclic amines) is 1. The van der Waals surface area contributed by atoms with Gasteiger partial charge in [0.25, 0.3) is 5.91 Å². The molecule has 1 saturated heterocycles. The van der Waals surface area contributed by atoms with Gasteiger partial charge < -0.3 is 14.5 Å². The third-order valence-corrected chi connectivity index (χ3v) is 5.99. The van der Waals surface area contributed by atoms with Gasteiger partial charge in [0.1, 0.15) is 12.2 Å². The molecule has 1 aromatic carbocycles. The molecule has 1 amide bonds. The van der Waals surface area contributed by atoms with Gasteiger partial charge in [-0.05, 0) is 62.3 Å². The van der Waals surface area contributed by atoms with E-state index in [0.717, 1.165) is 67.0 Å².